The van der Waals surface area contributed by atoms with Gasteiger partial charge in [-0.2, -0.15) is 0 Å². The summed E-state index contributed by atoms with van der Waals surface area (Å²) in [7, 11) is 0. The van der Waals surface area contributed by atoms with E-state index >= 15 is 0 Å². The summed E-state index contributed by atoms with van der Waals surface area (Å²) in [5.41, 5.74) is 6.34. The first-order valence-electron chi connectivity index (χ1n) is 37.3. The van der Waals surface area contributed by atoms with Crippen LogP contribution in [-0.2, 0) is 0 Å². The Kier molecular flexibility index (Phi) is 28.4. The molecule has 0 aromatic carbocycles. The molecular formula is C79H150. The average Bonchev–Trinajstić information content (AvgIpc) is 4.31. The molecule has 0 N–H and O–H groups in total. The Balaban J connectivity index is 0.000000167. The highest BCUT2D eigenvalue weighted by molar-refractivity contribution is 4.99. The second kappa shape index (κ2) is 32.1. The van der Waals surface area contributed by atoms with Crippen molar-refractivity contribution >= 4 is 0 Å². The Morgan fingerprint density at radius 2 is 0.734 bits per heavy atom. The second-order valence-corrected chi connectivity index (χ2v) is 35.7. The zero-order valence-electron chi connectivity index (χ0n) is 57.9. The maximum atomic E-state index is 2.59. The molecule has 0 amide bonds. The minimum absolute atomic E-state index is 0.517. The van der Waals surface area contributed by atoms with Crippen molar-refractivity contribution < 1.29 is 0 Å². The van der Waals surface area contributed by atoms with Crippen molar-refractivity contribution in [2.24, 2.45) is 84.2 Å². The molecule has 79 heavy (non-hydrogen) atoms. The minimum atomic E-state index is 0.517. The zero-order chi connectivity index (χ0) is 57.9. The van der Waals surface area contributed by atoms with Gasteiger partial charge in [-0.1, -0.05) is 265 Å². The van der Waals surface area contributed by atoms with Crippen molar-refractivity contribution in [2.75, 3.05) is 0 Å². The smallest absolute Gasteiger partial charge is 0.0277 e. The molecule has 12 fully saturated rings. The van der Waals surface area contributed by atoms with E-state index in [-0.39, 0.29) is 0 Å². The third-order valence-electron chi connectivity index (χ3n) is 27.7. The molecule has 0 nitrogen and oxygen atoms in total. The summed E-state index contributed by atoms with van der Waals surface area (Å²) in [6.07, 6.45) is 71.8. The van der Waals surface area contributed by atoms with Gasteiger partial charge in [0.05, 0.1) is 0 Å². The fraction of sp³-hybridized carbons (Fsp3) is 1.00. The average molecular weight is 1100 g/mol. The monoisotopic (exact) mass is 1100 g/mol. The van der Waals surface area contributed by atoms with E-state index in [1.54, 1.807) is 38.5 Å². The lowest BCUT2D eigenvalue weighted by Gasteiger charge is -2.38. The molecule has 3 unspecified atom stereocenters. The predicted molar refractivity (Wildman–Crippen MR) is 355 cm³/mol. The van der Waals surface area contributed by atoms with Crippen molar-refractivity contribution in [3.05, 3.63) is 0 Å². The van der Waals surface area contributed by atoms with Gasteiger partial charge in [-0.3, -0.25) is 0 Å². The number of rotatable bonds is 7. The van der Waals surface area contributed by atoms with Crippen molar-refractivity contribution in [3.8, 4) is 0 Å². The van der Waals surface area contributed by atoms with E-state index in [0.717, 1.165) is 62.6 Å². The van der Waals surface area contributed by atoms with Crippen LogP contribution < -0.4 is 0 Å². The van der Waals surface area contributed by atoms with Crippen LogP contribution in [0.3, 0.4) is 0 Å². The van der Waals surface area contributed by atoms with E-state index < -0.39 is 0 Å². The van der Waals surface area contributed by atoms with Gasteiger partial charge in [-0.05, 0) is 238 Å². The summed E-state index contributed by atoms with van der Waals surface area (Å²) in [5.74, 6) is 6.51. The second-order valence-electron chi connectivity index (χ2n) is 35.7. The van der Waals surface area contributed by atoms with Gasteiger partial charge < -0.3 is 0 Å². The quantitative estimate of drug-likeness (QED) is 0.238. The van der Waals surface area contributed by atoms with Gasteiger partial charge in [-0.15, -0.1) is 0 Å². The highest BCUT2D eigenvalue weighted by atomic mass is 14.5. The first kappa shape index (κ1) is 69.8. The molecular weight excluding hydrogens is 949 g/mol. The largest absolute Gasteiger partial charge is 0.0654 e. The van der Waals surface area contributed by atoms with Crippen LogP contribution in [0.5, 0.6) is 0 Å². The Morgan fingerprint density at radius 3 is 1.04 bits per heavy atom. The molecule has 0 spiro atoms. The van der Waals surface area contributed by atoms with Gasteiger partial charge in [0.25, 0.3) is 0 Å². The molecule has 0 heterocycles. The highest BCUT2D eigenvalue weighted by Crippen LogP contribution is 2.59. The third-order valence-corrected chi connectivity index (χ3v) is 27.7. The van der Waals surface area contributed by atoms with E-state index in [4.69, 9.17) is 0 Å². The highest BCUT2D eigenvalue weighted by Gasteiger charge is 2.49. The summed E-state index contributed by atoms with van der Waals surface area (Å²) in [5, 5.41) is 0. The Hall–Kier alpha value is 0. The van der Waals surface area contributed by atoms with Crippen LogP contribution in [0.15, 0.2) is 0 Å². The predicted octanol–water partition coefficient (Wildman–Crippen LogP) is 27.7. The first-order chi connectivity index (χ1) is 37.3. The summed E-state index contributed by atoms with van der Waals surface area (Å²) >= 11 is 0. The van der Waals surface area contributed by atoms with E-state index in [9.17, 15) is 0 Å². The Labute approximate surface area is 500 Å². The lowest BCUT2D eigenvalue weighted by atomic mass is 9.67. The van der Waals surface area contributed by atoms with Crippen molar-refractivity contribution in [3.63, 3.8) is 0 Å². The molecule has 12 rings (SSSR count). The molecule has 3 atom stereocenters. The van der Waals surface area contributed by atoms with E-state index in [1.165, 1.54) is 270 Å². The molecule has 0 saturated heterocycles. The fourth-order valence-electron chi connectivity index (χ4n) is 19.9. The standard InChI is InChI=1S/C13H22.C12H22.C11H20.C10H20.2C9H18.C8H16.C7H14/c1-13(6-2-3-7-13)12-9-10-4-5-11(12)8-10;1-12(9-5-6-10-12)11-7-3-2-4-8-11;1-11(8-4-5-9-11)10-6-2-3-7-10;1-9(2,3)10(4)7-5-6-8-10;1-8(2)9(3)6-4-5-7-9;1-3-6-9(2)7-4-5-8-9;1-3-8(2)6-4-5-7-8;1-7(2)5-3-4-6-7/h10-12H,2-9H2,1H3;11H,2-10H2,1H3;10H,2-9H2,1H3;5-8H2,1-4H3;8H,4-7H2,1-3H3;3-8H2,1-2H3;3-7H2,1-2H3;3-6H2,1-2H3. The summed E-state index contributed by atoms with van der Waals surface area (Å²) < 4.78 is 0. The SMILES string of the molecule is CC(C)(C)C1(C)CCCC1.CC(C)C1(C)CCCC1.CC1(C)CCCC1.CC1(C2CC3CCC2C3)CCCC1.CC1(C2CCCC2)CCCC1.CC1(C2CCCCC2)CCCC1.CCC1(C)CCCC1.CCCC1(C)CCCC1. The van der Waals surface area contributed by atoms with Crippen LogP contribution in [0.1, 0.15) is 419 Å². The van der Waals surface area contributed by atoms with Crippen LogP contribution in [0, 0.1) is 84.2 Å². The van der Waals surface area contributed by atoms with Crippen molar-refractivity contribution in [1.82, 2.24) is 0 Å². The first-order valence-corrected chi connectivity index (χ1v) is 37.3. The number of hydrogen-bond acceptors (Lipinski definition) is 0. The van der Waals surface area contributed by atoms with E-state index in [0.29, 0.717) is 21.7 Å². The molecule has 0 aliphatic heterocycles. The van der Waals surface area contributed by atoms with Gasteiger partial charge in [0, 0.05) is 0 Å². The maximum absolute atomic E-state index is 2.59. The van der Waals surface area contributed by atoms with Gasteiger partial charge in [-0.25, -0.2) is 0 Å². The lowest BCUT2D eigenvalue weighted by molar-refractivity contribution is 0.117. The molecule has 0 heteroatoms. The molecule has 466 valence electrons. The van der Waals surface area contributed by atoms with Gasteiger partial charge in [0.15, 0.2) is 0 Å². The number of hydrogen-bond donors (Lipinski definition) is 0. The van der Waals surface area contributed by atoms with Crippen molar-refractivity contribution in [2.45, 2.75) is 419 Å². The molecule has 0 aromatic rings. The van der Waals surface area contributed by atoms with Gasteiger partial charge in [0.1, 0.15) is 0 Å². The molecule has 0 aromatic heterocycles. The third kappa shape index (κ3) is 21.7. The topological polar surface area (TPSA) is 0 Å². The van der Waals surface area contributed by atoms with Gasteiger partial charge in [0.2, 0.25) is 0 Å². The summed E-state index contributed by atoms with van der Waals surface area (Å²) in [6, 6.07) is 0. The number of fused-ring (bicyclic) bond motifs is 2. The normalized spacial score (nSPS) is 30.9. The summed E-state index contributed by atoms with van der Waals surface area (Å²) in [4.78, 5) is 0. The van der Waals surface area contributed by atoms with Gasteiger partial charge >= 0.3 is 0 Å². The van der Waals surface area contributed by atoms with Crippen LogP contribution >= 0.6 is 0 Å². The zero-order valence-corrected chi connectivity index (χ0v) is 57.9. The maximum Gasteiger partial charge on any atom is -0.0277 e. The van der Waals surface area contributed by atoms with Crippen LogP contribution in [0.2, 0.25) is 0 Å². The summed E-state index contributed by atoms with van der Waals surface area (Å²) in [6.45, 7) is 38.6. The fourth-order valence-corrected chi connectivity index (χ4v) is 19.9. The molecule has 12 aliphatic rings. The molecule has 0 radical (unpaired) electrons. The molecule has 12 saturated carbocycles. The Morgan fingerprint density at radius 1 is 0.367 bits per heavy atom. The van der Waals surface area contributed by atoms with Crippen molar-refractivity contribution in [1.29, 1.82) is 0 Å². The Bertz CT molecular complexity index is 1570. The lowest BCUT2D eigenvalue weighted by Crippen LogP contribution is -2.29. The molecule has 2 bridgehead atoms. The minimum Gasteiger partial charge on any atom is -0.0654 e. The molecule has 12 aliphatic carbocycles. The van der Waals surface area contributed by atoms with Crippen LogP contribution in [0.25, 0.3) is 0 Å². The van der Waals surface area contributed by atoms with Crippen LogP contribution in [-0.4, -0.2) is 0 Å². The van der Waals surface area contributed by atoms with E-state index in [2.05, 4.69) is 111 Å². The van der Waals surface area contributed by atoms with E-state index in [1.807, 2.05) is 0 Å². The van der Waals surface area contributed by atoms with Crippen LogP contribution in [0.4, 0.5) is 0 Å².